The predicted octanol–water partition coefficient (Wildman–Crippen LogP) is 5.28. The molecule has 0 heterocycles. The van der Waals surface area contributed by atoms with Crippen LogP contribution in [0.1, 0.15) is 27.0 Å². The highest BCUT2D eigenvalue weighted by molar-refractivity contribution is 5.92. The van der Waals surface area contributed by atoms with E-state index in [1.807, 2.05) is 30.3 Å². The predicted molar refractivity (Wildman–Crippen MR) is 116 cm³/mol. The van der Waals surface area contributed by atoms with E-state index in [4.69, 9.17) is 18.9 Å². The third kappa shape index (κ3) is 5.49. The molecule has 5 heteroatoms. The summed E-state index contributed by atoms with van der Waals surface area (Å²) in [5.74, 6) is 1.52. The molecule has 0 bridgehead atoms. The lowest BCUT2D eigenvalue weighted by atomic mass is 10.0. The molecule has 0 saturated heterocycles. The lowest BCUT2D eigenvalue weighted by Crippen LogP contribution is -2.09. The van der Waals surface area contributed by atoms with Gasteiger partial charge < -0.3 is 18.9 Å². The summed E-state index contributed by atoms with van der Waals surface area (Å²) in [6.45, 7) is 4.72. The van der Waals surface area contributed by atoms with Gasteiger partial charge in [0.25, 0.3) is 0 Å². The van der Waals surface area contributed by atoms with Gasteiger partial charge in [-0.05, 0) is 65.2 Å². The third-order valence-corrected chi connectivity index (χ3v) is 4.56. The first-order valence-electron chi connectivity index (χ1n) is 9.45. The Bertz CT molecular complexity index is 991. The number of hydrogen-bond donors (Lipinski definition) is 0. The number of carbonyl (C=O) groups excluding carboxylic acids is 1. The fourth-order valence-electron chi connectivity index (χ4n) is 2.85. The van der Waals surface area contributed by atoms with Crippen molar-refractivity contribution in [1.29, 1.82) is 0 Å². The molecule has 5 nitrogen and oxygen atoms in total. The van der Waals surface area contributed by atoms with Gasteiger partial charge in [-0.1, -0.05) is 30.9 Å². The third-order valence-electron chi connectivity index (χ3n) is 4.56. The Morgan fingerprint density at radius 3 is 2.03 bits per heavy atom. The van der Waals surface area contributed by atoms with Crippen LogP contribution in [-0.2, 0) is 18.0 Å². The number of carbonyl (C=O) groups is 1. The Labute approximate surface area is 176 Å². The molecule has 3 aromatic rings. The van der Waals surface area contributed by atoms with Crippen molar-refractivity contribution in [2.24, 2.45) is 0 Å². The van der Waals surface area contributed by atoms with Crippen LogP contribution in [0.4, 0.5) is 0 Å². The van der Waals surface area contributed by atoms with Gasteiger partial charge in [0.15, 0.2) is 0 Å². The molecule has 0 aliphatic heterocycles. The van der Waals surface area contributed by atoms with E-state index in [1.165, 1.54) is 0 Å². The highest BCUT2D eigenvalue weighted by Crippen LogP contribution is 2.20. The number of benzene rings is 3. The molecule has 0 aliphatic rings. The second kappa shape index (κ2) is 10.3. The highest BCUT2D eigenvalue weighted by Gasteiger charge is 2.11. The average Bonchev–Trinajstić information content (AvgIpc) is 2.80. The van der Waals surface area contributed by atoms with Crippen LogP contribution in [0.25, 0.3) is 6.08 Å². The molecular formula is C25H24O5. The van der Waals surface area contributed by atoms with E-state index in [1.54, 1.807) is 56.7 Å². The monoisotopic (exact) mass is 404 g/mol. The zero-order valence-electron chi connectivity index (χ0n) is 17.1. The van der Waals surface area contributed by atoms with Crippen LogP contribution in [0, 0.1) is 0 Å². The van der Waals surface area contributed by atoms with Crippen LogP contribution in [0.3, 0.4) is 0 Å². The molecule has 0 amide bonds. The number of ether oxygens (including phenoxy) is 4. The average molecular weight is 404 g/mol. The zero-order chi connectivity index (χ0) is 21.3. The van der Waals surface area contributed by atoms with Crippen molar-refractivity contribution >= 4 is 12.0 Å². The quantitative estimate of drug-likeness (QED) is 0.359. The maximum absolute atomic E-state index is 12.5. The SMILES string of the molecule is C=Cc1cc(C(=O)Oc2ccc(OC)cc2)ccc1COCc1ccc(OC)cc1. The Kier molecular flexibility index (Phi) is 7.24. The van der Waals surface area contributed by atoms with Crippen molar-refractivity contribution in [2.75, 3.05) is 14.2 Å². The van der Waals surface area contributed by atoms with Gasteiger partial charge in [-0.2, -0.15) is 0 Å². The molecule has 0 atom stereocenters. The molecule has 0 aromatic heterocycles. The van der Waals surface area contributed by atoms with Crippen molar-refractivity contribution in [2.45, 2.75) is 13.2 Å². The van der Waals surface area contributed by atoms with Gasteiger partial charge in [0.2, 0.25) is 0 Å². The fraction of sp³-hybridized carbons (Fsp3) is 0.160. The molecule has 0 N–H and O–H groups in total. The molecule has 0 saturated carbocycles. The molecule has 3 aromatic carbocycles. The fourth-order valence-corrected chi connectivity index (χ4v) is 2.85. The molecule has 0 radical (unpaired) electrons. The summed E-state index contributed by atoms with van der Waals surface area (Å²) in [7, 11) is 3.22. The Hall–Kier alpha value is -3.57. The van der Waals surface area contributed by atoms with Crippen molar-refractivity contribution in [1.82, 2.24) is 0 Å². The molecule has 3 rings (SSSR count). The van der Waals surface area contributed by atoms with E-state index in [-0.39, 0.29) is 0 Å². The van der Waals surface area contributed by atoms with Crippen molar-refractivity contribution in [3.8, 4) is 17.2 Å². The molecule has 30 heavy (non-hydrogen) atoms. The smallest absolute Gasteiger partial charge is 0.343 e. The summed E-state index contributed by atoms with van der Waals surface area (Å²) in [4.78, 5) is 12.5. The van der Waals surface area contributed by atoms with Crippen molar-refractivity contribution in [3.05, 3.63) is 95.6 Å². The summed E-state index contributed by atoms with van der Waals surface area (Å²) in [6.07, 6.45) is 1.70. The zero-order valence-corrected chi connectivity index (χ0v) is 17.1. The van der Waals surface area contributed by atoms with E-state index >= 15 is 0 Å². The minimum Gasteiger partial charge on any atom is -0.497 e. The van der Waals surface area contributed by atoms with Gasteiger partial charge in [-0.25, -0.2) is 4.79 Å². The molecule has 0 unspecified atom stereocenters. The first-order chi connectivity index (χ1) is 14.6. The Morgan fingerprint density at radius 2 is 1.43 bits per heavy atom. The summed E-state index contributed by atoms with van der Waals surface area (Å²) in [5, 5.41) is 0. The lowest BCUT2D eigenvalue weighted by molar-refractivity contribution is 0.0734. The van der Waals surface area contributed by atoms with Crippen LogP contribution in [0.15, 0.2) is 73.3 Å². The minimum absolute atomic E-state index is 0.404. The molecule has 154 valence electrons. The van der Waals surface area contributed by atoms with Gasteiger partial charge in [-0.3, -0.25) is 0 Å². The van der Waals surface area contributed by atoms with E-state index in [0.717, 1.165) is 22.4 Å². The first-order valence-corrected chi connectivity index (χ1v) is 9.45. The Morgan fingerprint density at radius 1 is 0.833 bits per heavy atom. The van der Waals surface area contributed by atoms with Crippen molar-refractivity contribution in [3.63, 3.8) is 0 Å². The van der Waals surface area contributed by atoms with E-state index in [2.05, 4.69) is 6.58 Å². The number of hydrogen-bond acceptors (Lipinski definition) is 5. The number of methoxy groups -OCH3 is 2. The van der Waals surface area contributed by atoms with E-state index < -0.39 is 5.97 Å². The summed E-state index contributed by atoms with van der Waals surface area (Å²) < 4.78 is 21.5. The second-order valence-electron chi connectivity index (χ2n) is 6.52. The van der Waals surface area contributed by atoms with Crippen LogP contribution in [0.2, 0.25) is 0 Å². The van der Waals surface area contributed by atoms with Crippen LogP contribution in [0.5, 0.6) is 17.2 Å². The largest absolute Gasteiger partial charge is 0.497 e. The van der Waals surface area contributed by atoms with Gasteiger partial charge in [-0.15, -0.1) is 0 Å². The normalized spacial score (nSPS) is 10.3. The van der Waals surface area contributed by atoms with Crippen LogP contribution in [-0.4, -0.2) is 20.2 Å². The van der Waals surface area contributed by atoms with Gasteiger partial charge >= 0.3 is 5.97 Å². The maximum atomic E-state index is 12.5. The van der Waals surface area contributed by atoms with Gasteiger partial charge in [0.05, 0.1) is 33.0 Å². The standard InChI is InChI=1S/C25H24O5/c1-4-19-15-20(25(26)30-24-13-11-23(28-3)12-14-24)7-8-21(19)17-29-16-18-5-9-22(27-2)10-6-18/h4-15H,1,16-17H2,2-3H3. The Balaban J connectivity index is 1.61. The van der Waals surface area contributed by atoms with Gasteiger partial charge in [0, 0.05) is 0 Å². The van der Waals surface area contributed by atoms with Gasteiger partial charge in [0.1, 0.15) is 17.2 Å². The van der Waals surface area contributed by atoms with Crippen molar-refractivity contribution < 1.29 is 23.7 Å². The lowest BCUT2D eigenvalue weighted by Gasteiger charge is -2.11. The van der Waals surface area contributed by atoms with E-state index in [9.17, 15) is 4.79 Å². The number of rotatable bonds is 9. The first kappa shape index (κ1) is 21.1. The molecule has 0 fully saturated rings. The molecular weight excluding hydrogens is 380 g/mol. The summed E-state index contributed by atoms with van der Waals surface area (Å²) in [6, 6.07) is 19.9. The summed E-state index contributed by atoms with van der Waals surface area (Å²) >= 11 is 0. The van der Waals surface area contributed by atoms with E-state index in [0.29, 0.717) is 30.3 Å². The van der Waals surface area contributed by atoms with Crippen LogP contribution < -0.4 is 14.2 Å². The minimum atomic E-state index is -0.436. The number of esters is 1. The summed E-state index contributed by atoms with van der Waals surface area (Å²) in [5.41, 5.74) is 3.27. The maximum Gasteiger partial charge on any atom is 0.343 e. The van der Waals surface area contributed by atoms with Crippen LogP contribution >= 0.6 is 0 Å². The highest BCUT2D eigenvalue weighted by atomic mass is 16.5. The molecule has 0 spiro atoms. The topological polar surface area (TPSA) is 54.0 Å². The molecule has 0 aliphatic carbocycles. The second-order valence-corrected chi connectivity index (χ2v) is 6.52.